The van der Waals surface area contributed by atoms with Gasteiger partial charge in [0.2, 0.25) is 0 Å². The first-order valence-electron chi connectivity index (χ1n) is 2.56. The maximum absolute atomic E-state index is 8.07. The Labute approximate surface area is 49.0 Å². The minimum absolute atomic E-state index is 0.424. The van der Waals surface area contributed by atoms with Gasteiger partial charge in [-0.15, -0.1) is 0 Å². The SMILES string of the molecule is CCOCC(C)=NO. The van der Waals surface area contributed by atoms with Crippen molar-refractivity contribution in [1.82, 2.24) is 0 Å². The van der Waals surface area contributed by atoms with Crippen molar-refractivity contribution in [2.75, 3.05) is 13.2 Å². The van der Waals surface area contributed by atoms with Crippen LogP contribution in [0, 0.1) is 0 Å². The van der Waals surface area contributed by atoms with Gasteiger partial charge < -0.3 is 9.94 Å². The van der Waals surface area contributed by atoms with Crippen LogP contribution in [0.3, 0.4) is 0 Å². The van der Waals surface area contributed by atoms with Gasteiger partial charge in [0.25, 0.3) is 0 Å². The molecule has 0 radical (unpaired) electrons. The number of rotatable bonds is 3. The lowest BCUT2D eigenvalue weighted by molar-refractivity contribution is 0.183. The molecule has 0 saturated carbocycles. The molecule has 0 aliphatic rings. The highest BCUT2D eigenvalue weighted by Gasteiger charge is 1.86. The van der Waals surface area contributed by atoms with Gasteiger partial charge in [0.05, 0.1) is 12.3 Å². The highest BCUT2D eigenvalue weighted by Crippen LogP contribution is 1.76. The highest BCUT2D eigenvalue weighted by molar-refractivity contribution is 5.82. The largest absolute Gasteiger partial charge is 0.411 e. The van der Waals surface area contributed by atoms with E-state index < -0.39 is 0 Å². The zero-order valence-electron chi connectivity index (χ0n) is 5.22. The van der Waals surface area contributed by atoms with Gasteiger partial charge in [0.15, 0.2) is 0 Å². The summed E-state index contributed by atoms with van der Waals surface area (Å²) >= 11 is 0. The van der Waals surface area contributed by atoms with Crippen LogP contribution >= 0.6 is 0 Å². The summed E-state index contributed by atoms with van der Waals surface area (Å²) in [4.78, 5) is 0. The van der Waals surface area contributed by atoms with Gasteiger partial charge in [0.1, 0.15) is 0 Å². The van der Waals surface area contributed by atoms with Crippen LogP contribution in [0.1, 0.15) is 13.8 Å². The molecule has 0 amide bonds. The minimum Gasteiger partial charge on any atom is -0.411 e. The molecule has 0 aliphatic heterocycles. The van der Waals surface area contributed by atoms with E-state index in [9.17, 15) is 0 Å². The Morgan fingerprint density at radius 2 is 2.38 bits per heavy atom. The van der Waals surface area contributed by atoms with Crippen LogP contribution in [0.5, 0.6) is 0 Å². The van der Waals surface area contributed by atoms with E-state index in [4.69, 9.17) is 9.94 Å². The number of ether oxygens (including phenoxy) is 1. The Hall–Kier alpha value is -0.570. The summed E-state index contributed by atoms with van der Waals surface area (Å²) in [5.74, 6) is 0. The molecular weight excluding hydrogens is 106 g/mol. The summed E-state index contributed by atoms with van der Waals surface area (Å²) in [6, 6.07) is 0. The fourth-order valence-corrected chi connectivity index (χ4v) is 0.279. The van der Waals surface area contributed by atoms with Gasteiger partial charge in [-0.05, 0) is 13.8 Å². The minimum atomic E-state index is 0.424. The summed E-state index contributed by atoms with van der Waals surface area (Å²) in [7, 11) is 0. The molecular formula is C5H11NO2. The van der Waals surface area contributed by atoms with Gasteiger partial charge in [0, 0.05) is 6.61 Å². The summed E-state index contributed by atoms with van der Waals surface area (Å²) < 4.78 is 4.90. The van der Waals surface area contributed by atoms with Gasteiger partial charge in [-0.2, -0.15) is 0 Å². The molecule has 3 heteroatoms. The van der Waals surface area contributed by atoms with Crippen molar-refractivity contribution in [1.29, 1.82) is 0 Å². The lowest BCUT2D eigenvalue weighted by Gasteiger charge is -1.95. The van der Waals surface area contributed by atoms with Crippen molar-refractivity contribution >= 4 is 5.71 Å². The zero-order chi connectivity index (χ0) is 6.41. The van der Waals surface area contributed by atoms with Crippen LogP contribution in [0.2, 0.25) is 0 Å². The molecule has 0 heterocycles. The maximum Gasteiger partial charge on any atom is 0.0878 e. The molecule has 1 N–H and O–H groups in total. The third kappa shape index (κ3) is 3.61. The van der Waals surface area contributed by atoms with E-state index in [2.05, 4.69) is 5.16 Å². The number of hydrogen-bond donors (Lipinski definition) is 1. The highest BCUT2D eigenvalue weighted by atomic mass is 16.5. The number of oxime groups is 1. The van der Waals surface area contributed by atoms with E-state index >= 15 is 0 Å². The normalized spacial score (nSPS) is 12.0. The van der Waals surface area contributed by atoms with Crippen molar-refractivity contribution in [3.05, 3.63) is 0 Å². The Kier molecular flexibility index (Phi) is 4.26. The molecule has 0 atom stereocenters. The molecule has 0 aromatic carbocycles. The summed E-state index contributed by atoms with van der Waals surface area (Å²) in [5.41, 5.74) is 0.604. The predicted octanol–water partition coefficient (Wildman–Crippen LogP) is 0.873. The molecule has 8 heavy (non-hydrogen) atoms. The van der Waals surface area contributed by atoms with E-state index in [1.807, 2.05) is 6.92 Å². The van der Waals surface area contributed by atoms with Gasteiger partial charge in [-0.1, -0.05) is 5.16 Å². The molecule has 0 bridgehead atoms. The van der Waals surface area contributed by atoms with Crippen LogP contribution in [0.25, 0.3) is 0 Å². The van der Waals surface area contributed by atoms with Crippen LogP contribution in [0.15, 0.2) is 5.16 Å². The fraction of sp³-hybridized carbons (Fsp3) is 0.800. The molecule has 0 spiro atoms. The second kappa shape index (κ2) is 4.59. The number of hydrogen-bond acceptors (Lipinski definition) is 3. The third-order valence-electron chi connectivity index (χ3n) is 0.686. The van der Waals surface area contributed by atoms with Crippen LogP contribution in [-0.2, 0) is 4.74 Å². The predicted molar refractivity (Wildman–Crippen MR) is 31.4 cm³/mol. The molecule has 0 fully saturated rings. The van der Waals surface area contributed by atoms with Crippen molar-refractivity contribution in [2.24, 2.45) is 5.16 Å². The topological polar surface area (TPSA) is 41.8 Å². The van der Waals surface area contributed by atoms with Crippen LogP contribution < -0.4 is 0 Å². The molecule has 0 saturated heterocycles. The first kappa shape index (κ1) is 7.43. The van der Waals surface area contributed by atoms with Crippen LogP contribution in [0.4, 0.5) is 0 Å². The zero-order valence-corrected chi connectivity index (χ0v) is 5.22. The quantitative estimate of drug-likeness (QED) is 0.338. The fourth-order valence-electron chi connectivity index (χ4n) is 0.279. The summed E-state index contributed by atoms with van der Waals surface area (Å²) in [5, 5.41) is 11.0. The van der Waals surface area contributed by atoms with E-state index in [1.54, 1.807) is 6.92 Å². The average molecular weight is 117 g/mol. The smallest absolute Gasteiger partial charge is 0.0878 e. The van der Waals surface area contributed by atoms with Crippen molar-refractivity contribution in [3.63, 3.8) is 0 Å². The molecule has 0 aromatic heterocycles. The molecule has 0 aromatic rings. The summed E-state index contributed by atoms with van der Waals surface area (Å²) in [6.07, 6.45) is 0. The molecule has 0 rings (SSSR count). The monoisotopic (exact) mass is 117 g/mol. The van der Waals surface area contributed by atoms with Gasteiger partial charge in [-0.25, -0.2) is 0 Å². The summed E-state index contributed by atoms with van der Waals surface area (Å²) in [6.45, 7) is 4.68. The first-order chi connectivity index (χ1) is 3.81. The molecule has 48 valence electrons. The Bertz CT molecular complexity index is 80.5. The Balaban J connectivity index is 3.12. The lowest BCUT2D eigenvalue weighted by atomic mass is 10.5. The average Bonchev–Trinajstić information content (AvgIpc) is 1.83. The Morgan fingerprint density at radius 1 is 1.75 bits per heavy atom. The molecule has 0 unspecified atom stereocenters. The van der Waals surface area contributed by atoms with Crippen molar-refractivity contribution in [2.45, 2.75) is 13.8 Å². The first-order valence-corrected chi connectivity index (χ1v) is 2.56. The van der Waals surface area contributed by atoms with Gasteiger partial charge in [-0.3, -0.25) is 0 Å². The van der Waals surface area contributed by atoms with E-state index in [0.717, 1.165) is 0 Å². The van der Waals surface area contributed by atoms with Crippen molar-refractivity contribution in [3.8, 4) is 0 Å². The number of nitrogens with zero attached hydrogens (tertiary/aromatic N) is 1. The standard InChI is InChI=1S/C5H11NO2/c1-3-8-4-5(2)6-7/h7H,3-4H2,1-2H3. The van der Waals surface area contributed by atoms with Gasteiger partial charge >= 0.3 is 0 Å². The second-order valence-electron chi connectivity index (χ2n) is 1.47. The maximum atomic E-state index is 8.07. The van der Waals surface area contributed by atoms with Crippen molar-refractivity contribution < 1.29 is 9.94 Å². The second-order valence-corrected chi connectivity index (χ2v) is 1.47. The van der Waals surface area contributed by atoms with E-state index in [-0.39, 0.29) is 0 Å². The van der Waals surface area contributed by atoms with E-state index in [0.29, 0.717) is 18.9 Å². The molecule has 3 nitrogen and oxygen atoms in total. The third-order valence-corrected chi connectivity index (χ3v) is 0.686. The van der Waals surface area contributed by atoms with Crippen LogP contribution in [-0.4, -0.2) is 24.1 Å². The molecule has 0 aliphatic carbocycles. The Morgan fingerprint density at radius 3 is 2.75 bits per heavy atom. The van der Waals surface area contributed by atoms with E-state index in [1.165, 1.54) is 0 Å². The lowest BCUT2D eigenvalue weighted by Crippen LogP contribution is -2.03.